The first-order chi connectivity index (χ1) is 15.6. The van der Waals surface area contributed by atoms with Crippen LogP contribution in [0.1, 0.15) is 24.1 Å². The number of urea groups is 1. The number of benzene rings is 2. The molecule has 5 heteroatoms. The van der Waals surface area contributed by atoms with Crippen molar-refractivity contribution < 1.29 is 9.59 Å². The van der Waals surface area contributed by atoms with Crippen LogP contribution in [0.5, 0.6) is 0 Å². The number of rotatable bonds is 7. The van der Waals surface area contributed by atoms with Crippen LogP contribution in [-0.4, -0.2) is 47.9 Å². The molecule has 1 atom stereocenters. The molecular formula is C27H31N3O2. The minimum absolute atomic E-state index is 0.238. The Morgan fingerprint density at radius 2 is 1.62 bits per heavy atom. The zero-order valence-corrected chi connectivity index (χ0v) is 18.6. The van der Waals surface area contributed by atoms with Crippen LogP contribution < -0.4 is 5.32 Å². The van der Waals surface area contributed by atoms with Crippen LogP contribution in [0.3, 0.4) is 0 Å². The van der Waals surface area contributed by atoms with Crippen LogP contribution in [0.25, 0.3) is 0 Å². The molecule has 32 heavy (non-hydrogen) atoms. The van der Waals surface area contributed by atoms with Crippen molar-refractivity contribution in [3.05, 3.63) is 108 Å². The molecular weight excluding hydrogens is 398 g/mol. The van der Waals surface area contributed by atoms with Crippen LogP contribution in [0.4, 0.5) is 4.79 Å². The molecule has 2 aromatic rings. The summed E-state index contributed by atoms with van der Waals surface area (Å²) in [7, 11) is 0. The lowest BCUT2D eigenvalue weighted by Gasteiger charge is -2.39. The summed E-state index contributed by atoms with van der Waals surface area (Å²) in [6, 6.07) is 20.9. The van der Waals surface area contributed by atoms with Crippen LogP contribution >= 0.6 is 0 Å². The molecule has 0 bridgehead atoms. The second-order valence-electron chi connectivity index (χ2n) is 7.76. The summed E-state index contributed by atoms with van der Waals surface area (Å²) in [5.41, 5.74) is 2.97. The minimum atomic E-state index is -0.415. The molecule has 0 aliphatic carbocycles. The van der Waals surface area contributed by atoms with Gasteiger partial charge in [0.15, 0.2) is 0 Å². The van der Waals surface area contributed by atoms with E-state index in [4.69, 9.17) is 0 Å². The van der Waals surface area contributed by atoms with E-state index in [1.807, 2.05) is 19.1 Å². The first-order valence-electron chi connectivity index (χ1n) is 11.0. The summed E-state index contributed by atoms with van der Waals surface area (Å²) in [5, 5.41) is 2.50. The Labute approximate surface area is 190 Å². The normalized spacial score (nSPS) is 16.0. The molecule has 1 aliphatic heterocycles. The smallest absolute Gasteiger partial charge is 0.322 e. The summed E-state index contributed by atoms with van der Waals surface area (Å²) in [6.45, 7) is 8.08. The fraction of sp³-hybridized carbons (Fsp3) is 0.259. The molecule has 3 amide bonds. The van der Waals surface area contributed by atoms with Crippen LogP contribution in [0, 0.1) is 0 Å². The van der Waals surface area contributed by atoms with Crippen molar-refractivity contribution >= 4 is 11.9 Å². The van der Waals surface area contributed by atoms with Crippen molar-refractivity contribution in [2.24, 2.45) is 0 Å². The van der Waals surface area contributed by atoms with E-state index < -0.39 is 5.91 Å². The molecule has 0 aromatic heterocycles. The zero-order chi connectivity index (χ0) is 22.8. The van der Waals surface area contributed by atoms with Gasteiger partial charge in [-0.3, -0.25) is 15.0 Å². The second kappa shape index (κ2) is 11.8. The predicted molar refractivity (Wildman–Crippen MR) is 129 cm³/mol. The molecule has 166 valence electrons. The van der Waals surface area contributed by atoms with Gasteiger partial charge in [-0.25, -0.2) is 4.79 Å². The summed E-state index contributed by atoms with van der Waals surface area (Å²) in [5.74, 6) is -0.415. The van der Waals surface area contributed by atoms with Crippen molar-refractivity contribution in [2.45, 2.75) is 19.4 Å². The molecule has 1 aliphatic rings. The lowest BCUT2D eigenvalue weighted by molar-refractivity contribution is -0.116. The minimum Gasteiger partial charge on any atom is -0.322 e. The van der Waals surface area contributed by atoms with Crippen molar-refractivity contribution in [3.63, 3.8) is 0 Å². The molecule has 3 rings (SSSR count). The summed E-state index contributed by atoms with van der Waals surface area (Å²) < 4.78 is 0. The molecule has 1 N–H and O–H groups in total. The Kier molecular flexibility index (Phi) is 8.58. The van der Waals surface area contributed by atoms with E-state index in [1.165, 1.54) is 17.2 Å². The van der Waals surface area contributed by atoms with Gasteiger partial charge in [-0.2, -0.15) is 0 Å². The largest absolute Gasteiger partial charge is 0.324 e. The molecule has 1 unspecified atom stereocenters. The molecule has 1 fully saturated rings. The number of piperazine rings is 1. The maximum atomic E-state index is 12.7. The van der Waals surface area contributed by atoms with Gasteiger partial charge in [-0.1, -0.05) is 91.5 Å². The molecule has 2 aromatic carbocycles. The number of nitrogens with one attached hydrogen (secondary N) is 1. The standard InChI is InChI=1S/C27H31N3O2/c1-3-11-24(12-4-2)26(31)28-27(32)30-19-17-29(18-20-30)25(23-15-9-6-10-16-23)21-22-13-7-5-8-14-22/h3-16,25H,1,17-21H2,2H3,(H,28,31,32)/b12-4-,24-11+. The quantitative estimate of drug-likeness (QED) is 0.520. The van der Waals surface area contributed by atoms with Gasteiger partial charge < -0.3 is 4.90 Å². The van der Waals surface area contributed by atoms with Crippen molar-refractivity contribution in [2.75, 3.05) is 26.2 Å². The van der Waals surface area contributed by atoms with Gasteiger partial charge in [0.2, 0.25) is 0 Å². The van der Waals surface area contributed by atoms with Crippen LogP contribution in [0.15, 0.2) is 97.1 Å². The topological polar surface area (TPSA) is 52.7 Å². The molecule has 1 saturated heterocycles. The SMILES string of the molecule is C=C/C=C(\C=C/C)C(=O)NC(=O)N1CCN(C(Cc2ccccc2)c2ccccc2)CC1. The van der Waals surface area contributed by atoms with E-state index in [0.29, 0.717) is 18.7 Å². The Morgan fingerprint density at radius 1 is 1.00 bits per heavy atom. The number of hydrogen-bond donors (Lipinski definition) is 1. The van der Waals surface area contributed by atoms with E-state index in [-0.39, 0.29) is 12.1 Å². The third kappa shape index (κ3) is 6.28. The Morgan fingerprint density at radius 3 is 2.22 bits per heavy atom. The van der Waals surface area contributed by atoms with Gasteiger partial charge in [0, 0.05) is 37.8 Å². The van der Waals surface area contributed by atoms with Gasteiger partial charge in [-0.05, 0) is 24.5 Å². The highest BCUT2D eigenvalue weighted by Gasteiger charge is 2.28. The highest BCUT2D eigenvalue weighted by Crippen LogP contribution is 2.26. The summed E-state index contributed by atoms with van der Waals surface area (Å²) in [4.78, 5) is 29.2. The van der Waals surface area contributed by atoms with E-state index in [2.05, 4.69) is 65.3 Å². The number of allylic oxidation sites excluding steroid dienone is 3. The van der Waals surface area contributed by atoms with Crippen molar-refractivity contribution in [1.29, 1.82) is 0 Å². The maximum absolute atomic E-state index is 12.7. The van der Waals surface area contributed by atoms with Crippen molar-refractivity contribution in [1.82, 2.24) is 15.1 Å². The highest BCUT2D eigenvalue weighted by molar-refractivity contribution is 6.05. The molecule has 1 heterocycles. The number of amides is 3. The lowest BCUT2D eigenvalue weighted by atomic mass is 9.96. The first-order valence-corrected chi connectivity index (χ1v) is 11.0. The number of nitrogens with zero attached hydrogens (tertiary/aromatic N) is 2. The number of imide groups is 1. The zero-order valence-electron chi connectivity index (χ0n) is 18.6. The number of hydrogen-bond acceptors (Lipinski definition) is 3. The summed E-state index contributed by atoms with van der Waals surface area (Å²) in [6.07, 6.45) is 7.46. The van der Waals surface area contributed by atoms with Crippen molar-refractivity contribution in [3.8, 4) is 0 Å². The fourth-order valence-corrected chi connectivity index (χ4v) is 3.97. The Hall–Kier alpha value is -3.44. The highest BCUT2D eigenvalue weighted by atomic mass is 16.2. The number of carbonyl (C=O) groups is 2. The van der Waals surface area contributed by atoms with Gasteiger partial charge in [0.25, 0.3) is 5.91 Å². The average molecular weight is 430 g/mol. The van der Waals surface area contributed by atoms with E-state index >= 15 is 0 Å². The van der Waals surface area contributed by atoms with E-state index in [9.17, 15) is 9.59 Å². The molecule has 5 nitrogen and oxygen atoms in total. The van der Waals surface area contributed by atoms with Crippen LogP contribution in [0.2, 0.25) is 0 Å². The maximum Gasteiger partial charge on any atom is 0.324 e. The number of carbonyl (C=O) groups excluding carboxylic acids is 2. The van der Waals surface area contributed by atoms with Gasteiger partial charge in [-0.15, -0.1) is 0 Å². The molecule has 0 radical (unpaired) electrons. The Bertz CT molecular complexity index is 959. The predicted octanol–water partition coefficient (Wildman–Crippen LogP) is 4.51. The lowest BCUT2D eigenvalue weighted by Crippen LogP contribution is -2.53. The third-order valence-corrected chi connectivity index (χ3v) is 5.62. The van der Waals surface area contributed by atoms with Gasteiger partial charge in [0.05, 0.1) is 0 Å². The monoisotopic (exact) mass is 429 g/mol. The summed E-state index contributed by atoms with van der Waals surface area (Å²) >= 11 is 0. The van der Waals surface area contributed by atoms with Gasteiger partial charge in [0.1, 0.15) is 0 Å². The average Bonchev–Trinajstić information content (AvgIpc) is 2.83. The van der Waals surface area contributed by atoms with E-state index in [0.717, 1.165) is 19.5 Å². The second-order valence-corrected chi connectivity index (χ2v) is 7.76. The third-order valence-electron chi connectivity index (χ3n) is 5.62. The van der Waals surface area contributed by atoms with E-state index in [1.54, 1.807) is 23.1 Å². The van der Waals surface area contributed by atoms with Crippen LogP contribution in [-0.2, 0) is 11.2 Å². The van der Waals surface area contributed by atoms with Gasteiger partial charge >= 0.3 is 6.03 Å². The molecule has 0 spiro atoms. The fourth-order valence-electron chi connectivity index (χ4n) is 3.97. The Balaban J connectivity index is 1.64. The first kappa shape index (κ1) is 23.2. The molecule has 0 saturated carbocycles.